The fraction of sp³-hybridized carbons (Fsp3) is 0.556. The largest absolute Gasteiger partial charge is 0.461 e. The fourth-order valence-corrected chi connectivity index (χ4v) is 2.33. The van der Waals surface area contributed by atoms with Gasteiger partial charge in [-0.15, -0.1) is 13.2 Å². The molecule has 2 aliphatic rings. The molecule has 2 saturated heterocycles. The van der Waals surface area contributed by atoms with Crippen molar-refractivity contribution >= 4 is 0 Å². The molecule has 2 fully saturated rings. The van der Waals surface area contributed by atoms with E-state index in [9.17, 15) is 0 Å². The van der Waals surface area contributed by atoms with Gasteiger partial charge in [0, 0.05) is 0 Å². The molecule has 1 aromatic heterocycles. The number of rotatable bonds is 12. The number of ether oxygens (including phenoxy) is 4. The van der Waals surface area contributed by atoms with Crippen LogP contribution in [0.5, 0.6) is 0 Å². The van der Waals surface area contributed by atoms with Crippen LogP contribution in [0.3, 0.4) is 0 Å². The second kappa shape index (κ2) is 7.93. The van der Waals surface area contributed by atoms with Gasteiger partial charge >= 0.3 is 0 Å². The van der Waals surface area contributed by atoms with Crippen molar-refractivity contribution in [1.29, 1.82) is 0 Å². The Morgan fingerprint density at radius 2 is 1.39 bits per heavy atom. The molecule has 3 rings (SSSR count). The third-order valence-electron chi connectivity index (χ3n) is 3.82. The minimum Gasteiger partial charge on any atom is -0.461 e. The zero-order valence-corrected chi connectivity index (χ0v) is 13.3. The molecule has 5 heteroatoms. The lowest BCUT2D eigenvalue weighted by Gasteiger charge is -2.15. The maximum atomic E-state index is 5.99. The summed E-state index contributed by atoms with van der Waals surface area (Å²) in [7, 11) is 0. The molecule has 0 aromatic carbocycles. The van der Waals surface area contributed by atoms with Crippen LogP contribution in [-0.2, 0) is 18.9 Å². The van der Waals surface area contributed by atoms with Gasteiger partial charge in [0.2, 0.25) is 0 Å². The molecule has 4 unspecified atom stereocenters. The van der Waals surface area contributed by atoms with E-state index < -0.39 is 0 Å². The van der Waals surface area contributed by atoms with E-state index in [0.717, 1.165) is 24.7 Å². The molecule has 0 radical (unpaired) electrons. The molecule has 0 spiro atoms. The average molecular weight is 320 g/mol. The molecule has 4 atom stereocenters. The van der Waals surface area contributed by atoms with Gasteiger partial charge in [0.25, 0.3) is 0 Å². The molecule has 2 aliphatic heterocycles. The Morgan fingerprint density at radius 3 is 1.74 bits per heavy atom. The van der Waals surface area contributed by atoms with E-state index in [1.807, 2.05) is 24.3 Å². The molecule has 0 bridgehead atoms. The van der Waals surface area contributed by atoms with Gasteiger partial charge in [-0.25, -0.2) is 0 Å². The van der Waals surface area contributed by atoms with Crippen LogP contribution in [0.1, 0.15) is 36.6 Å². The summed E-state index contributed by atoms with van der Waals surface area (Å²) >= 11 is 0. The van der Waals surface area contributed by atoms with Crippen molar-refractivity contribution in [2.45, 2.75) is 37.3 Å². The van der Waals surface area contributed by atoms with Gasteiger partial charge in [-0.2, -0.15) is 0 Å². The highest BCUT2D eigenvalue weighted by Crippen LogP contribution is 2.31. The van der Waals surface area contributed by atoms with Crippen molar-refractivity contribution in [3.05, 3.63) is 49.0 Å². The van der Waals surface area contributed by atoms with E-state index in [1.165, 1.54) is 0 Å². The van der Waals surface area contributed by atoms with Crippen LogP contribution in [0.2, 0.25) is 0 Å². The Labute approximate surface area is 136 Å². The van der Waals surface area contributed by atoms with Crippen LogP contribution >= 0.6 is 0 Å². The van der Waals surface area contributed by atoms with Crippen molar-refractivity contribution in [3.8, 4) is 0 Å². The predicted molar refractivity (Wildman–Crippen MR) is 85.2 cm³/mol. The van der Waals surface area contributed by atoms with E-state index in [-0.39, 0.29) is 24.4 Å². The van der Waals surface area contributed by atoms with Crippen LogP contribution in [-0.4, -0.2) is 38.6 Å². The van der Waals surface area contributed by atoms with Crippen LogP contribution in [0, 0.1) is 0 Å². The highest BCUT2D eigenvalue weighted by atomic mass is 16.6. The quantitative estimate of drug-likeness (QED) is 0.437. The highest BCUT2D eigenvalue weighted by Gasteiger charge is 2.27. The summed E-state index contributed by atoms with van der Waals surface area (Å²) in [6, 6.07) is 3.90. The van der Waals surface area contributed by atoms with Gasteiger partial charge in [0.15, 0.2) is 0 Å². The number of epoxide rings is 2. The summed E-state index contributed by atoms with van der Waals surface area (Å²) in [4.78, 5) is 0. The summed E-state index contributed by atoms with van der Waals surface area (Å²) in [6.07, 6.45) is 5.25. The Balaban J connectivity index is 1.61. The van der Waals surface area contributed by atoms with E-state index in [2.05, 4.69) is 13.2 Å². The molecule has 0 N–H and O–H groups in total. The van der Waals surface area contributed by atoms with Crippen molar-refractivity contribution in [2.24, 2.45) is 0 Å². The van der Waals surface area contributed by atoms with Gasteiger partial charge < -0.3 is 23.4 Å². The van der Waals surface area contributed by atoms with Crippen LogP contribution in [0.4, 0.5) is 0 Å². The Kier molecular flexibility index (Phi) is 5.67. The summed E-state index contributed by atoms with van der Waals surface area (Å²) in [5.74, 6) is 1.58. The molecule has 1 aromatic rings. The SMILES string of the molecule is C=CCC(OCC1CO1)c1ccc(C(CC=C)OCC2CO2)o1. The molecule has 3 heterocycles. The topological polar surface area (TPSA) is 56.7 Å². The Hall–Kier alpha value is -1.40. The Bertz CT molecular complexity index is 471. The average Bonchev–Trinajstić information content (AvgIpc) is 3.47. The van der Waals surface area contributed by atoms with Crippen LogP contribution < -0.4 is 0 Å². The van der Waals surface area contributed by atoms with E-state index >= 15 is 0 Å². The lowest BCUT2D eigenvalue weighted by atomic mass is 10.2. The molecule has 126 valence electrons. The predicted octanol–water partition coefficient (Wildman–Crippen LogP) is 3.34. The van der Waals surface area contributed by atoms with Crippen LogP contribution in [0.25, 0.3) is 0 Å². The summed E-state index contributed by atoms with van der Waals surface area (Å²) in [6.45, 7) is 10.3. The zero-order valence-electron chi connectivity index (χ0n) is 13.3. The maximum Gasteiger partial charge on any atom is 0.133 e. The third kappa shape index (κ3) is 5.04. The van der Waals surface area contributed by atoms with Crippen molar-refractivity contribution < 1.29 is 23.4 Å². The van der Waals surface area contributed by atoms with Gasteiger partial charge in [0.1, 0.15) is 35.9 Å². The fourth-order valence-electron chi connectivity index (χ4n) is 2.33. The second-order valence-corrected chi connectivity index (χ2v) is 5.84. The first kappa shape index (κ1) is 16.5. The first-order chi connectivity index (χ1) is 11.3. The van der Waals surface area contributed by atoms with Crippen LogP contribution in [0.15, 0.2) is 41.9 Å². The second-order valence-electron chi connectivity index (χ2n) is 5.84. The van der Waals surface area contributed by atoms with E-state index in [0.29, 0.717) is 26.1 Å². The molecular formula is C18H24O5. The zero-order chi connectivity index (χ0) is 16.1. The van der Waals surface area contributed by atoms with Gasteiger partial charge in [-0.05, 0) is 25.0 Å². The molecule has 0 amide bonds. The summed E-state index contributed by atoms with van der Waals surface area (Å²) in [5, 5.41) is 0. The minimum atomic E-state index is -0.137. The van der Waals surface area contributed by atoms with E-state index in [4.69, 9.17) is 23.4 Å². The molecule has 5 nitrogen and oxygen atoms in total. The number of hydrogen-bond acceptors (Lipinski definition) is 5. The monoisotopic (exact) mass is 320 g/mol. The smallest absolute Gasteiger partial charge is 0.133 e. The lowest BCUT2D eigenvalue weighted by Crippen LogP contribution is -2.09. The van der Waals surface area contributed by atoms with Gasteiger partial charge in [-0.3, -0.25) is 0 Å². The van der Waals surface area contributed by atoms with Gasteiger partial charge in [0.05, 0.1) is 26.4 Å². The Morgan fingerprint density at radius 1 is 0.957 bits per heavy atom. The molecule has 0 aliphatic carbocycles. The van der Waals surface area contributed by atoms with Crippen molar-refractivity contribution in [2.75, 3.05) is 26.4 Å². The highest BCUT2D eigenvalue weighted by molar-refractivity contribution is 5.13. The first-order valence-electron chi connectivity index (χ1n) is 8.08. The standard InChI is InChI=1S/C18H24O5/c1-3-5-15(21-11-13-9-19-13)17-7-8-18(23-17)16(6-4-2)22-12-14-10-20-14/h3-4,7-8,13-16H,1-2,5-6,9-12H2. The number of hydrogen-bond donors (Lipinski definition) is 0. The lowest BCUT2D eigenvalue weighted by molar-refractivity contribution is 0.0143. The van der Waals surface area contributed by atoms with Crippen molar-refractivity contribution in [1.82, 2.24) is 0 Å². The van der Waals surface area contributed by atoms with Gasteiger partial charge in [-0.1, -0.05) is 12.2 Å². The summed E-state index contributed by atoms with van der Waals surface area (Å²) < 4.78 is 28.1. The number of furan rings is 1. The molecule has 0 saturated carbocycles. The minimum absolute atomic E-state index is 0.137. The van der Waals surface area contributed by atoms with Crippen molar-refractivity contribution in [3.63, 3.8) is 0 Å². The normalized spacial score (nSPS) is 24.9. The first-order valence-corrected chi connectivity index (χ1v) is 8.08. The van der Waals surface area contributed by atoms with E-state index in [1.54, 1.807) is 0 Å². The summed E-state index contributed by atoms with van der Waals surface area (Å²) in [5.41, 5.74) is 0. The third-order valence-corrected chi connectivity index (χ3v) is 3.82. The molecule has 23 heavy (non-hydrogen) atoms. The maximum absolute atomic E-state index is 5.99. The molecular weight excluding hydrogens is 296 g/mol.